The molecule has 0 fully saturated rings. The molecular formula is C20H14FNO3. The van der Waals surface area contributed by atoms with Crippen LogP contribution < -0.4 is 0 Å². The van der Waals surface area contributed by atoms with Crippen LogP contribution in [0.25, 0.3) is 33.4 Å². The number of rotatable bonds is 2. The lowest BCUT2D eigenvalue weighted by molar-refractivity contribution is 0.432. The summed E-state index contributed by atoms with van der Waals surface area (Å²) in [6.45, 7) is 1.84. The van der Waals surface area contributed by atoms with Crippen LogP contribution >= 0.6 is 0 Å². The molecule has 0 aliphatic carbocycles. The van der Waals surface area contributed by atoms with Gasteiger partial charge in [-0.05, 0) is 66.1 Å². The van der Waals surface area contributed by atoms with Gasteiger partial charge in [-0.3, -0.25) is 0 Å². The van der Waals surface area contributed by atoms with Crippen LogP contribution in [0.5, 0.6) is 11.5 Å². The first-order valence-corrected chi connectivity index (χ1v) is 7.71. The van der Waals surface area contributed by atoms with E-state index >= 15 is 0 Å². The fourth-order valence-electron chi connectivity index (χ4n) is 2.82. The first-order valence-electron chi connectivity index (χ1n) is 7.71. The summed E-state index contributed by atoms with van der Waals surface area (Å²) >= 11 is 0. The second-order valence-electron chi connectivity index (χ2n) is 5.91. The molecule has 124 valence electrons. The molecule has 4 nitrogen and oxygen atoms in total. The van der Waals surface area contributed by atoms with Gasteiger partial charge in [0.15, 0.2) is 17.1 Å². The third kappa shape index (κ3) is 2.59. The fraction of sp³-hybridized carbons (Fsp3) is 0.0500. The third-order valence-electron chi connectivity index (χ3n) is 4.22. The number of halogens is 1. The number of benzene rings is 3. The summed E-state index contributed by atoms with van der Waals surface area (Å²) in [5, 5.41) is 24.0. The zero-order valence-electron chi connectivity index (χ0n) is 13.3. The lowest BCUT2D eigenvalue weighted by Crippen LogP contribution is -1.82. The maximum Gasteiger partial charge on any atom is 0.168 e. The van der Waals surface area contributed by atoms with E-state index < -0.39 is 11.6 Å². The highest BCUT2D eigenvalue weighted by Crippen LogP contribution is 2.34. The van der Waals surface area contributed by atoms with Crippen LogP contribution in [-0.2, 0) is 0 Å². The monoisotopic (exact) mass is 335 g/mol. The van der Waals surface area contributed by atoms with Crippen molar-refractivity contribution in [2.24, 2.45) is 0 Å². The zero-order chi connectivity index (χ0) is 17.6. The Balaban J connectivity index is 1.81. The van der Waals surface area contributed by atoms with E-state index in [1.807, 2.05) is 37.3 Å². The number of fused-ring (bicyclic) bond motifs is 1. The molecule has 5 heteroatoms. The van der Waals surface area contributed by atoms with E-state index in [-0.39, 0.29) is 5.75 Å². The first kappa shape index (κ1) is 15.2. The topological polar surface area (TPSA) is 66.5 Å². The number of nitrogens with zero attached hydrogens (tertiary/aromatic N) is 1. The van der Waals surface area contributed by atoms with Gasteiger partial charge in [0.05, 0.1) is 0 Å². The Kier molecular flexibility index (Phi) is 3.42. The molecule has 0 radical (unpaired) electrons. The Hall–Kier alpha value is -3.34. The highest BCUT2D eigenvalue weighted by Gasteiger charge is 2.13. The van der Waals surface area contributed by atoms with Crippen LogP contribution in [0.2, 0.25) is 0 Å². The quantitative estimate of drug-likeness (QED) is 0.540. The smallest absolute Gasteiger partial charge is 0.168 e. The zero-order valence-corrected chi connectivity index (χ0v) is 13.3. The average Bonchev–Trinajstić information content (AvgIpc) is 3.03. The van der Waals surface area contributed by atoms with Crippen LogP contribution in [0.15, 0.2) is 59.1 Å². The van der Waals surface area contributed by atoms with Crippen LogP contribution in [0, 0.1) is 12.7 Å². The Morgan fingerprint density at radius 2 is 1.56 bits per heavy atom. The Morgan fingerprint density at radius 3 is 2.32 bits per heavy atom. The van der Waals surface area contributed by atoms with Crippen molar-refractivity contribution in [3.05, 3.63) is 66.0 Å². The van der Waals surface area contributed by atoms with Crippen LogP contribution in [-0.4, -0.2) is 15.4 Å². The number of hydrogen-bond acceptors (Lipinski definition) is 4. The molecule has 0 saturated heterocycles. The summed E-state index contributed by atoms with van der Waals surface area (Å²) in [6, 6.07) is 15.1. The van der Waals surface area contributed by atoms with Gasteiger partial charge in [0.1, 0.15) is 11.4 Å². The summed E-state index contributed by atoms with van der Waals surface area (Å²) in [5.41, 5.74) is 4.37. The van der Waals surface area contributed by atoms with Gasteiger partial charge in [0, 0.05) is 10.9 Å². The van der Waals surface area contributed by atoms with Gasteiger partial charge in [-0.25, -0.2) is 4.39 Å². The van der Waals surface area contributed by atoms with Crippen molar-refractivity contribution in [2.75, 3.05) is 0 Å². The summed E-state index contributed by atoms with van der Waals surface area (Å²) in [5.74, 6) is -0.853. The summed E-state index contributed by atoms with van der Waals surface area (Å²) in [7, 11) is 0. The molecule has 4 aromatic rings. The minimum atomic E-state index is -0.679. The molecule has 0 atom stereocenters. The molecule has 3 aromatic carbocycles. The maximum absolute atomic E-state index is 13.2. The molecule has 0 aliphatic rings. The lowest BCUT2D eigenvalue weighted by atomic mass is 10.0. The largest absolute Gasteiger partial charge is 0.508 e. The van der Waals surface area contributed by atoms with Crippen LogP contribution in [0.1, 0.15) is 5.56 Å². The molecule has 0 amide bonds. The van der Waals surface area contributed by atoms with Crippen molar-refractivity contribution >= 4 is 11.0 Å². The molecule has 0 spiro atoms. The molecule has 0 unspecified atom stereocenters. The van der Waals surface area contributed by atoms with E-state index in [9.17, 15) is 14.6 Å². The van der Waals surface area contributed by atoms with Crippen molar-refractivity contribution in [1.29, 1.82) is 0 Å². The molecule has 25 heavy (non-hydrogen) atoms. The van der Waals surface area contributed by atoms with Gasteiger partial charge in [0.25, 0.3) is 0 Å². The fourth-order valence-corrected chi connectivity index (χ4v) is 2.82. The molecule has 1 aromatic heterocycles. The predicted molar refractivity (Wildman–Crippen MR) is 92.9 cm³/mol. The Morgan fingerprint density at radius 1 is 0.840 bits per heavy atom. The van der Waals surface area contributed by atoms with E-state index in [0.29, 0.717) is 16.8 Å². The Labute approximate surface area is 142 Å². The van der Waals surface area contributed by atoms with Crippen molar-refractivity contribution in [3.8, 4) is 33.9 Å². The van der Waals surface area contributed by atoms with Crippen molar-refractivity contribution in [2.45, 2.75) is 6.92 Å². The van der Waals surface area contributed by atoms with Gasteiger partial charge in [-0.1, -0.05) is 17.3 Å². The van der Waals surface area contributed by atoms with E-state index in [1.54, 1.807) is 12.1 Å². The van der Waals surface area contributed by atoms with E-state index in [1.165, 1.54) is 12.1 Å². The van der Waals surface area contributed by atoms with Crippen molar-refractivity contribution in [3.63, 3.8) is 0 Å². The number of phenolic OH excluding ortho intramolecular Hbond substituents is 2. The van der Waals surface area contributed by atoms with E-state index in [2.05, 4.69) is 5.16 Å². The van der Waals surface area contributed by atoms with Crippen molar-refractivity contribution < 1.29 is 19.1 Å². The van der Waals surface area contributed by atoms with Crippen LogP contribution in [0.3, 0.4) is 0 Å². The number of aryl methyl sites for hydroxylation is 1. The van der Waals surface area contributed by atoms with Gasteiger partial charge in [-0.15, -0.1) is 0 Å². The average molecular weight is 335 g/mol. The maximum atomic E-state index is 13.2. The molecule has 0 saturated carbocycles. The third-order valence-corrected chi connectivity index (χ3v) is 4.22. The number of aromatic nitrogens is 1. The van der Waals surface area contributed by atoms with Crippen molar-refractivity contribution in [1.82, 2.24) is 5.16 Å². The second kappa shape index (κ2) is 5.63. The van der Waals surface area contributed by atoms with Gasteiger partial charge >= 0.3 is 0 Å². The van der Waals surface area contributed by atoms with E-state index in [4.69, 9.17) is 4.52 Å². The number of aromatic hydroxyl groups is 2. The highest BCUT2D eigenvalue weighted by atomic mass is 19.1. The summed E-state index contributed by atoms with van der Waals surface area (Å²) in [4.78, 5) is 0. The Bertz CT molecular complexity index is 1100. The first-order chi connectivity index (χ1) is 12.0. The SMILES string of the molecule is Cc1cc(-c2ccc3c(-c4ccc(F)c(O)c4)noc3c2)ccc1O. The minimum Gasteiger partial charge on any atom is -0.508 e. The molecule has 4 rings (SSSR count). The van der Waals surface area contributed by atoms with Gasteiger partial charge < -0.3 is 14.7 Å². The van der Waals surface area contributed by atoms with Gasteiger partial charge in [0.2, 0.25) is 0 Å². The van der Waals surface area contributed by atoms with Crippen LogP contribution in [0.4, 0.5) is 4.39 Å². The number of phenols is 2. The molecule has 0 aliphatic heterocycles. The normalized spacial score (nSPS) is 11.1. The number of hydrogen-bond donors (Lipinski definition) is 2. The molecule has 0 bridgehead atoms. The standard InChI is InChI=1S/C20H14FNO3/c1-11-8-12(4-7-17(11)23)13-2-5-15-19(10-13)25-22-20(15)14-3-6-16(21)18(24)9-14/h2-10,23-24H,1H3. The van der Waals surface area contributed by atoms with E-state index in [0.717, 1.165) is 22.1 Å². The molecule has 2 N–H and O–H groups in total. The predicted octanol–water partition coefficient (Wildman–Crippen LogP) is 5.02. The summed E-state index contributed by atoms with van der Waals surface area (Å²) in [6.07, 6.45) is 0. The molecule has 1 heterocycles. The second-order valence-corrected chi connectivity index (χ2v) is 5.91. The highest BCUT2D eigenvalue weighted by molar-refractivity contribution is 5.94. The van der Waals surface area contributed by atoms with Gasteiger partial charge in [-0.2, -0.15) is 0 Å². The lowest BCUT2D eigenvalue weighted by Gasteiger charge is -2.05. The molecular weight excluding hydrogens is 321 g/mol. The minimum absolute atomic E-state index is 0.253. The summed E-state index contributed by atoms with van der Waals surface area (Å²) < 4.78 is 18.7.